The Hall–Kier alpha value is -4.05. The number of rotatable bonds is 14. The SMILES string of the molecule is CCCC[C@H](NC(=O)O[C@H](COc1ccc(OCc2ccccc2)cc1)C(C)(C)C)C(=O)C1ON1n1cccn1. The monoisotopic (exact) mass is 550 g/mol. The van der Waals surface area contributed by atoms with Crippen molar-refractivity contribution < 1.29 is 28.6 Å². The Balaban J connectivity index is 1.29. The third kappa shape index (κ3) is 8.22. The van der Waals surface area contributed by atoms with E-state index < -0.39 is 29.9 Å². The van der Waals surface area contributed by atoms with E-state index in [0.717, 1.165) is 24.2 Å². The number of unbranched alkanes of at least 4 members (excludes halogenated alkanes) is 1. The van der Waals surface area contributed by atoms with Crippen LogP contribution in [0, 0.1) is 5.41 Å². The van der Waals surface area contributed by atoms with Crippen LogP contribution >= 0.6 is 0 Å². The number of carbonyl (C=O) groups is 2. The number of ether oxygens (including phenoxy) is 3. The molecule has 40 heavy (non-hydrogen) atoms. The maximum Gasteiger partial charge on any atom is 0.408 e. The van der Waals surface area contributed by atoms with Crippen LogP contribution < -0.4 is 20.0 Å². The largest absolute Gasteiger partial charge is 0.490 e. The standard InChI is InChI=1S/C30H38N4O6/c1-5-6-13-25(27(35)28-34(40-28)33-19-10-18-31-33)32-29(36)39-26(30(2,3)4)21-38-24-16-14-23(15-17-24)37-20-22-11-8-7-9-12-22/h7-12,14-19,25-26,28H,5-6,13,20-21H2,1-4H3,(H,32,36)/t25-,26+,28?,34?/m0/s1. The van der Waals surface area contributed by atoms with Crippen molar-refractivity contribution in [3.63, 3.8) is 0 Å². The molecule has 1 N–H and O–H groups in total. The zero-order chi connectivity index (χ0) is 28.5. The molecule has 1 saturated heterocycles. The summed E-state index contributed by atoms with van der Waals surface area (Å²) in [4.78, 5) is 32.9. The molecule has 2 heterocycles. The minimum Gasteiger partial charge on any atom is -0.490 e. The molecule has 0 radical (unpaired) electrons. The van der Waals surface area contributed by atoms with Crippen LogP contribution in [-0.4, -0.2) is 46.7 Å². The first kappa shape index (κ1) is 28.9. The van der Waals surface area contributed by atoms with E-state index in [0.29, 0.717) is 18.8 Å². The van der Waals surface area contributed by atoms with E-state index in [-0.39, 0.29) is 12.4 Å². The number of aromatic nitrogens is 2. The van der Waals surface area contributed by atoms with Crippen LogP contribution in [0.4, 0.5) is 4.79 Å². The Morgan fingerprint density at radius 3 is 2.35 bits per heavy atom. The van der Waals surface area contributed by atoms with Gasteiger partial charge in [0, 0.05) is 5.41 Å². The predicted octanol–water partition coefficient (Wildman–Crippen LogP) is 5.02. The quantitative estimate of drug-likeness (QED) is 0.279. The third-order valence-electron chi connectivity index (χ3n) is 6.47. The molecule has 1 unspecified atom stereocenters. The molecule has 1 aromatic heterocycles. The Morgan fingerprint density at radius 1 is 1.02 bits per heavy atom. The first-order chi connectivity index (χ1) is 19.2. The minimum atomic E-state index is -0.802. The Kier molecular flexibility index (Phi) is 9.65. The van der Waals surface area contributed by atoms with Crippen LogP contribution in [0.5, 0.6) is 11.5 Å². The predicted molar refractivity (Wildman–Crippen MR) is 149 cm³/mol. The van der Waals surface area contributed by atoms with Gasteiger partial charge in [-0.2, -0.15) is 9.89 Å². The molecule has 1 aliphatic heterocycles. The number of hydroxylamine groups is 1. The van der Waals surface area contributed by atoms with Crippen LogP contribution in [0.1, 0.15) is 52.5 Å². The number of hydrogen-bond donors (Lipinski definition) is 1. The second-order valence-corrected chi connectivity index (χ2v) is 10.7. The van der Waals surface area contributed by atoms with Crippen molar-refractivity contribution in [3.05, 3.63) is 78.6 Å². The molecule has 10 heteroatoms. The van der Waals surface area contributed by atoms with Crippen molar-refractivity contribution in [2.45, 2.75) is 71.9 Å². The van der Waals surface area contributed by atoms with Gasteiger partial charge in [-0.1, -0.05) is 70.9 Å². The number of alkyl carbamates (subject to hydrolysis) is 1. The number of ketones is 1. The van der Waals surface area contributed by atoms with Crippen LogP contribution in [-0.2, 0) is 21.0 Å². The minimum absolute atomic E-state index is 0.146. The van der Waals surface area contributed by atoms with E-state index >= 15 is 0 Å². The lowest BCUT2D eigenvalue weighted by Gasteiger charge is -2.30. The van der Waals surface area contributed by atoms with Crippen molar-refractivity contribution in [1.82, 2.24) is 15.2 Å². The summed E-state index contributed by atoms with van der Waals surface area (Å²) >= 11 is 0. The average Bonchev–Trinajstić information content (AvgIpc) is 3.55. The Labute approximate surface area is 235 Å². The zero-order valence-electron chi connectivity index (χ0n) is 23.5. The molecular weight excluding hydrogens is 512 g/mol. The second kappa shape index (κ2) is 13.3. The molecule has 1 amide bonds. The van der Waals surface area contributed by atoms with Gasteiger partial charge in [-0.05, 0) is 42.3 Å². The number of nitrogens with one attached hydrogen (secondary N) is 1. The van der Waals surface area contributed by atoms with Gasteiger partial charge in [0.05, 0.1) is 18.4 Å². The molecule has 4 rings (SSSR count). The molecule has 3 atom stereocenters. The number of nitrogens with zero attached hydrogens (tertiary/aromatic N) is 3. The van der Waals surface area contributed by atoms with E-state index in [2.05, 4.69) is 10.4 Å². The fourth-order valence-electron chi connectivity index (χ4n) is 3.95. The van der Waals surface area contributed by atoms with Gasteiger partial charge < -0.3 is 19.5 Å². The molecular formula is C30H38N4O6. The average molecular weight is 551 g/mol. The van der Waals surface area contributed by atoms with Crippen LogP contribution in [0.15, 0.2) is 73.1 Å². The van der Waals surface area contributed by atoms with Gasteiger partial charge in [-0.25, -0.2) is 9.63 Å². The van der Waals surface area contributed by atoms with Crippen molar-refractivity contribution in [3.8, 4) is 11.5 Å². The highest BCUT2D eigenvalue weighted by Gasteiger charge is 2.48. The van der Waals surface area contributed by atoms with E-state index in [4.69, 9.17) is 19.0 Å². The van der Waals surface area contributed by atoms with E-state index in [1.165, 1.54) is 9.96 Å². The maximum atomic E-state index is 13.1. The summed E-state index contributed by atoms with van der Waals surface area (Å²) in [6, 6.07) is 18.3. The molecule has 10 nitrogen and oxygen atoms in total. The second-order valence-electron chi connectivity index (χ2n) is 10.7. The number of hydrogen-bond acceptors (Lipinski definition) is 8. The maximum absolute atomic E-state index is 13.1. The van der Waals surface area contributed by atoms with Crippen LogP contribution in [0.2, 0.25) is 0 Å². The first-order valence-corrected chi connectivity index (χ1v) is 13.6. The van der Waals surface area contributed by atoms with Crippen molar-refractivity contribution >= 4 is 11.9 Å². The lowest BCUT2D eigenvalue weighted by Crippen LogP contribution is -2.47. The van der Waals surface area contributed by atoms with Crippen molar-refractivity contribution in [2.75, 3.05) is 11.8 Å². The summed E-state index contributed by atoms with van der Waals surface area (Å²) in [5, 5.41) is 8.18. The van der Waals surface area contributed by atoms with Crippen LogP contribution in [0.25, 0.3) is 0 Å². The molecule has 1 fully saturated rings. The smallest absolute Gasteiger partial charge is 0.408 e. The summed E-state index contributed by atoms with van der Waals surface area (Å²) in [6.07, 6.45) is 3.35. The third-order valence-corrected chi connectivity index (χ3v) is 6.47. The number of amides is 1. The summed E-state index contributed by atoms with van der Waals surface area (Å²) in [5.41, 5.74) is 0.681. The molecule has 1 aliphatic rings. The summed E-state index contributed by atoms with van der Waals surface area (Å²) in [7, 11) is 0. The van der Waals surface area contributed by atoms with Gasteiger partial charge in [0.2, 0.25) is 5.78 Å². The van der Waals surface area contributed by atoms with Gasteiger partial charge in [0.1, 0.15) is 30.8 Å². The van der Waals surface area contributed by atoms with Gasteiger partial charge >= 0.3 is 6.09 Å². The van der Waals surface area contributed by atoms with Crippen LogP contribution in [0.3, 0.4) is 0 Å². The number of Topliss-reactive ketones (excluding diaryl/α,β-unsaturated/α-hetero) is 1. The molecule has 214 valence electrons. The fourth-order valence-corrected chi connectivity index (χ4v) is 3.95. The number of carbonyl (C=O) groups excluding carboxylic acids is 2. The normalized spacial score (nSPS) is 16.1. The first-order valence-electron chi connectivity index (χ1n) is 13.6. The highest BCUT2D eigenvalue weighted by atomic mass is 16.9. The molecule has 2 aromatic carbocycles. The van der Waals surface area contributed by atoms with E-state index in [1.54, 1.807) is 18.5 Å². The highest BCUT2D eigenvalue weighted by Crippen LogP contribution is 2.26. The van der Waals surface area contributed by atoms with E-state index in [9.17, 15) is 9.59 Å². The fraction of sp³-hybridized carbons (Fsp3) is 0.433. The molecule has 0 bridgehead atoms. The van der Waals surface area contributed by atoms with Gasteiger partial charge in [0.15, 0.2) is 0 Å². The van der Waals surface area contributed by atoms with Crippen molar-refractivity contribution in [2.24, 2.45) is 5.41 Å². The van der Waals surface area contributed by atoms with Crippen molar-refractivity contribution in [1.29, 1.82) is 0 Å². The summed E-state index contributed by atoms with van der Waals surface area (Å²) < 4.78 is 17.6. The number of benzene rings is 2. The molecule has 0 aliphatic carbocycles. The van der Waals surface area contributed by atoms with E-state index in [1.807, 2.05) is 82.3 Å². The highest BCUT2D eigenvalue weighted by molar-refractivity contribution is 5.93. The van der Waals surface area contributed by atoms with Gasteiger partial charge in [-0.3, -0.25) is 4.79 Å². The van der Waals surface area contributed by atoms with Gasteiger partial charge in [0.25, 0.3) is 6.23 Å². The Bertz CT molecular complexity index is 1210. The molecule has 3 aromatic rings. The lowest BCUT2D eigenvalue weighted by atomic mass is 9.89. The summed E-state index contributed by atoms with van der Waals surface area (Å²) in [5.74, 6) is 1.11. The Morgan fingerprint density at radius 2 is 1.73 bits per heavy atom. The topological polar surface area (TPSA) is 107 Å². The zero-order valence-corrected chi connectivity index (χ0v) is 23.5. The lowest BCUT2D eigenvalue weighted by molar-refractivity contribution is -0.122. The molecule has 0 spiro atoms. The summed E-state index contributed by atoms with van der Waals surface area (Å²) in [6.45, 7) is 8.55. The van der Waals surface area contributed by atoms with Gasteiger partial charge in [-0.15, -0.1) is 5.17 Å². The molecule has 0 saturated carbocycles.